The van der Waals surface area contributed by atoms with Gasteiger partial charge in [-0.3, -0.25) is 0 Å². The highest BCUT2D eigenvalue weighted by Gasteiger charge is 2.00. The highest BCUT2D eigenvalue weighted by molar-refractivity contribution is 5.53. The van der Waals surface area contributed by atoms with Gasteiger partial charge in [-0.1, -0.05) is 6.07 Å². The molecule has 0 aliphatic carbocycles. The van der Waals surface area contributed by atoms with Crippen LogP contribution in [0.2, 0.25) is 0 Å². The molecule has 2 heteroatoms. The van der Waals surface area contributed by atoms with Crippen LogP contribution >= 0.6 is 0 Å². The van der Waals surface area contributed by atoms with Crippen LogP contribution in [-0.2, 0) is 0 Å². The largest absolute Gasteiger partial charge is 0.496 e. The molecular formula is C9H13NO. The number of benzene rings is 1. The lowest BCUT2D eigenvalue weighted by Gasteiger charge is -2.07. The Morgan fingerprint density at radius 3 is 2.36 bits per heavy atom. The summed E-state index contributed by atoms with van der Waals surface area (Å²) in [6.07, 6.45) is 0. The van der Waals surface area contributed by atoms with Crippen LogP contribution < -0.4 is 10.5 Å². The zero-order valence-corrected chi connectivity index (χ0v) is 7.14. The van der Waals surface area contributed by atoms with Crippen LogP contribution in [0, 0.1) is 13.8 Å². The molecule has 0 heterocycles. The van der Waals surface area contributed by atoms with Crippen LogP contribution in [0.25, 0.3) is 0 Å². The number of hydrogen-bond acceptors (Lipinski definition) is 2. The van der Waals surface area contributed by atoms with E-state index in [4.69, 9.17) is 10.5 Å². The lowest BCUT2D eigenvalue weighted by Crippen LogP contribution is -1.93. The van der Waals surface area contributed by atoms with Crippen molar-refractivity contribution in [3.8, 4) is 5.75 Å². The van der Waals surface area contributed by atoms with Gasteiger partial charge in [0, 0.05) is 11.8 Å². The molecule has 0 amide bonds. The van der Waals surface area contributed by atoms with Crippen LogP contribution in [-0.4, -0.2) is 7.11 Å². The van der Waals surface area contributed by atoms with Gasteiger partial charge in [0.15, 0.2) is 0 Å². The van der Waals surface area contributed by atoms with Crippen molar-refractivity contribution in [2.75, 3.05) is 12.8 Å². The number of methoxy groups -OCH3 is 1. The molecule has 0 radical (unpaired) electrons. The highest BCUT2D eigenvalue weighted by atomic mass is 16.5. The molecule has 0 unspecified atom stereocenters. The Morgan fingerprint density at radius 1 is 1.18 bits per heavy atom. The van der Waals surface area contributed by atoms with Gasteiger partial charge < -0.3 is 10.5 Å². The van der Waals surface area contributed by atoms with Crippen molar-refractivity contribution in [2.45, 2.75) is 13.8 Å². The fourth-order valence-electron chi connectivity index (χ4n) is 1.07. The second-order valence-corrected chi connectivity index (χ2v) is 2.68. The summed E-state index contributed by atoms with van der Waals surface area (Å²) >= 11 is 0. The van der Waals surface area contributed by atoms with E-state index >= 15 is 0 Å². The quantitative estimate of drug-likeness (QED) is 0.622. The second kappa shape index (κ2) is 2.82. The van der Waals surface area contributed by atoms with Crippen molar-refractivity contribution in [3.05, 3.63) is 23.3 Å². The molecule has 0 aliphatic rings. The van der Waals surface area contributed by atoms with E-state index in [1.54, 1.807) is 7.11 Å². The fraction of sp³-hybridized carbons (Fsp3) is 0.333. The van der Waals surface area contributed by atoms with E-state index in [9.17, 15) is 0 Å². The van der Waals surface area contributed by atoms with Gasteiger partial charge >= 0.3 is 0 Å². The topological polar surface area (TPSA) is 35.2 Å². The van der Waals surface area contributed by atoms with Crippen molar-refractivity contribution < 1.29 is 4.74 Å². The van der Waals surface area contributed by atoms with Crippen LogP contribution in [0.5, 0.6) is 5.75 Å². The minimum atomic E-state index is 0.785. The van der Waals surface area contributed by atoms with Crippen molar-refractivity contribution in [1.29, 1.82) is 0 Å². The molecule has 2 nitrogen and oxygen atoms in total. The summed E-state index contributed by atoms with van der Waals surface area (Å²) in [6, 6.07) is 3.87. The number of nitrogens with two attached hydrogens (primary N) is 1. The van der Waals surface area contributed by atoms with E-state index in [0.29, 0.717) is 0 Å². The standard InChI is InChI=1S/C9H13NO/c1-6-4-7(2)9(11-3)5-8(6)10/h4-5H,10H2,1-3H3. The first-order valence-electron chi connectivity index (χ1n) is 3.56. The summed E-state index contributed by atoms with van der Waals surface area (Å²) in [5.74, 6) is 0.855. The van der Waals surface area contributed by atoms with Crippen LogP contribution in [0.1, 0.15) is 11.1 Å². The zero-order chi connectivity index (χ0) is 8.43. The van der Waals surface area contributed by atoms with Crippen molar-refractivity contribution in [2.24, 2.45) is 0 Å². The molecule has 0 fully saturated rings. The monoisotopic (exact) mass is 151 g/mol. The van der Waals surface area contributed by atoms with E-state index in [0.717, 1.165) is 22.6 Å². The lowest BCUT2D eigenvalue weighted by molar-refractivity contribution is 0.412. The molecule has 1 aromatic carbocycles. The van der Waals surface area contributed by atoms with E-state index in [1.807, 2.05) is 26.0 Å². The Labute approximate surface area is 67.0 Å². The molecular weight excluding hydrogens is 138 g/mol. The van der Waals surface area contributed by atoms with E-state index in [2.05, 4.69) is 0 Å². The molecule has 1 aromatic rings. The molecule has 0 saturated heterocycles. The number of rotatable bonds is 1. The molecule has 1 rings (SSSR count). The minimum Gasteiger partial charge on any atom is -0.496 e. The van der Waals surface area contributed by atoms with Gasteiger partial charge in [0.2, 0.25) is 0 Å². The third-order valence-electron chi connectivity index (χ3n) is 1.78. The zero-order valence-electron chi connectivity index (χ0n) is 7.14. The Balaban J connectivity index is 3.21. The van der Waals surface area contributed by atoms with Gasteiger partial charge in [0.25, 0.3) is 0 Å². The molecule has 0 atom stereocenters. The number of nitrogen functional groups attached to an aromatic ring is 1. The van der Waals surface area contributed by atoms with Crippen LogP contribution in [0.4, 0.5) is 5.69 Å². The highest BCUT2D eigenvalue weighted by Crippen LogP contribution is 2.23. The number of anilines is 1. The van der Waals surface area contributed by atoms with Gasteiger partial charge in [0.05, 0.1) is 7.11 Å². The maximum atomic E-state index is 5.69. The number of aryl methyl sites for hydroxylation is 2. The summed E-state index contributed by atoms with van der Waals surface area (Å²) in [6.45, 7) is 3.99. The summed E-state index contributed by atoms with van der Waals surface area (Å²) in [7, 11) is 1.65. The Hall–Kier alpha value is -1.18. The normalized spacial score (nSPS) is 9.73. The minimum absolute atomic E-state index is 0.785. The maximum absolute atomic E-state index is 5.69. The smallest absolute Gasteiger partial charge is 0.123 e. The van der Waals surface area contributed by atoms with Gasteiger partial charge in [-0.15, -0.1) is 0 Å². The first-order chi connectivity index (χ1) is 5.15. The van der Waals surface area contributed by atoms with Gasteiger partial charge in [-0.25, -0.2) is 0 Å². The first-order valence-corrected chi connectivity index (χ1v) is 3.56. The molecule has 0 spiro atoms. The predicted octanol–water partition coefficient (Wildman–Crippen LogP) is 1.89. The average molecular weight is 151 g/mol. The van der Waals surface area contributed by atoms with Gasteiger partial charge in [-0.05, 0) is 25.0 Å². The first kappa shape index (κ1) is 7.92. The molecule has 0 aromatic heterocycles. The fourth-order valence-corrected chi connectivity index (χ4v) is 1.07. The van der Waals surface area contributed by atoms with Crippen molar-refractivity contribution in [3.63, 3.8) is 0 Å². The lowest BCUT2D eigenvalue weighted by atomic mass is 10.1. The molecule has 11 heavy (non-hydrogen) atoms. The summed E-state index contributed by atoms with van der Waals surface area (Å²) in [5.41, 5.74) is 8.69. The van der Waals surface area contributed by atoms with Gasteiger partial charge in [0.1, 0.15) is 5.75 Å². The second-order valence-electron chi connectivity index (χ2n) is 2.68. The SMILES string of the molecule is COc1cc(N)c(C)cc1C. The van der Waals surface area contributed by atoms with Gasteiger partial charge in [-0.2, -0.15) is 0 Å². The molecule has 2 N–H and O–H groups in total. The Kier molecular flexibility index (Phi) is 2.03. The Morgan fingerprint density at radius 2 is 1.82 bits per heavy atom. The summed E-state index contributed by atoms with van der Waals surface area (Å²) in [5, 5.41) is 0. The summed E-state index contributed by atoms with van der Waals surface area (Å²) < 4.78 is 5.10. The number of ether oxygens (including phenoxy) is 1. The van der Waals surface area contributed by atoms with E-state index < -0.39 is 0 Å². The third-order valence-corrected chi connectivity index (χ3v) is 1.78. The van der Waals surface area contributed by atoms with Crippen molar-refractivity contribution in [1.82, 2.24) is 0 Å². The molecule has 0 saturated carbocycles. The maximum Gasteiger partial charge on any atom is 0.123 e. The summed E-state index contributed by atoms with van der Waals surface area (Å²) in [4.78, 5) is 0. The molecule has 0 bridgehead atoms. The van der Waals surface area contributed by atoms with E-state index in [-0.39, 0.29) is 0 Å². The molecule has 0 aliphatic heterocycles. The van der Waals surface area contributed by atoms with Crippen molar-refractivity contribution >= 4 is 5.69 Å². The average Bonchev–Trinajstić information content (AvgIpc) is 1.97. The molecule has 60 valence electrons. The Bertz CT molecular complexity index is 269. The predicted molar refractivity (Wildman–Crippen MR) is 46.9 cm³/mol. The third kappa shape index (κ3) is 1.45. The van der Waals surface area contributed by atoms with Crippen LogP contribution in [0.3, 0.4) is 0 Å². The number of hydrogen-bond donors (Lipinski definition) is 1. The van der Waals surface area contributed by atoms with E-state index in [1.165, 1.54) is 0 Å². The van der Waals surface area contributed by atoms with Crippen LogP contribution in [0.15, 0.2) is 12.1 Å².